The molecular weight excluding hydrogens is 424 g/mol. The average molecular weight is 473 g/mol. The van der Waals surface area contributed by atoms with E-state index in [4.69, 9.17) is 0 Å². The number of allylic oxidation sites excluding steroid dienone is 2. The molecule has 0 spiro atoms. The largest absolute Gasteiger partial charge is 0.481 e. The summed E-state index contributed by atoms with van der Waals surface area (Å²) < 4.78 is 0. The number of aliphatic hydroxyl groups excluding tert-OH is 2. The summed E-state index contributed by atoms with van der Waals surface area (Å²) in [6.07, 6.45) is 9.45. The zero-order chi connectivity index (χ0) is 25.1. The van der Waals surface area contributed by atoms with Gasteiger partial charge >= 0.3 is 5.97 Å². The van der Waals surface area contributed by atoms with Crippen molar-refractivity contribution in [3.05, 3.63) is 11.6 Å². The summed E-state index contributed by atoms with van der Waals surface area (Å²) in [6, 6.07) is 0. The molecule has 0 aromatic rings. The highest BCUT2D eigenvalue weighted by Gasteiger charge is 2.70. The Morgan fingerprint density at radius 1 is 0.882 bits per heavy atom. The van der Waals surface area contributed by atoms with Crippen molar-refractivity contribution in [3.8, 4) is 0 Å². The van der Waals surface area contributed by atoms with Crippen molar-refractivity contribution in [1.82, 2.24) is 0 Å². The van der Waals surface area contributed by atoms with Crippen LogP contribution >= 0.6 is 0 Å². The first kappa shape index (κ1) is 24.8. The van der Waals surface area contributed by atoms with E-state index in [1.807, 2.05) is 0 Å². The third-order valence-electron chi connectivity index (χ3n) is 13.0. The van der Waals surface area contributed by atoms with Gasteiger partial charge in [-0.15, -0.1) is 0 Å². The van der Waals surface area contributed by atoms with Gasteiger partial charge in [-0.05, 0) is 103 Å². The summed E-state index contributed by atoms with van der Waals surface area (Å²) in [4.78, 5) is 12.8. The zero-order valence-corrected chi connectivity index (χ0v) is 22.6. The van der Waals surface area contributed by atoms with Crippen molar-refractivity contribution >= 4 is 5.97 Å². The standard InChI is InChI=1S/C30H48O4/c1-25(2)12-14-30(24(33)34)15-13-28(6)18(19(30)16-25)8-9-22-27(5)17-20(31)23(32)26(3,4)21(27)10-11-29(22,28)7/h8,19-23,31-32H,9-17H2,1-7H3,(H,33,34)/t19-,20+,21+,22+,23-,27-,28-,29+,30-/m0/s1. The van der Waals surface area contributed by atoms with Crippen molar-refractivity contribution < 1.29 is 20.1 Å². The molecule has 4 fully saturated rings. The number of hydrogen-bond acceptors (Lipinski definition) is 3. The van der Waals surface area contributed by atoms with Crippen molar-refractivity contribution in [2.45, 2.75) is 118 Å². The van der Waals surface area contributed by atoms with E-state index in [1.165, 1.54) is 5.57 Å². The van der Waals surface area contributed by atoms with Gasteiger partial charge in [0.25, 0.3) is 0 Å². The van der Waals surface area contributed by atoms with Gasteiger partial charge in [0.15, 0.2) is 0 Å². The molecule has 4 nitrogen and oxygen atoms in total. The topological polar surface area (TPSA) is 77.8 Å². The Morgan fingerprint density at radius 2 is 1.53 bits per heavy atom. The number of rotatable bonds is 1. The summed E-state index contributed by atoms with van der Waals surface area (Å²) >= 11 is 0. The van der Waals surface area contributed by atoms with Crippen LogP contribution in [0.2, 0.25) is 0 Å². The van der Waals surface area contributed by atoms with Crippen LogP contribution in [0.5, 0.6) is 0 Å². The summed E-state index contributed by atoms with van der Waals surface area (Å²) in [5.74, 6) is 0.365. The van der Waals surface area contributed by atoms with Gasteiger partial charge in [0, 0.05) is 0 Å². The van der Waals surface area contributed by atoms with Crippen molar-refractivity contribution in [2.75, 3.05) is 0 Å². The van der Waals surface area contributed by atoms with Gasteiger partial charge < -0.3 is 15.3 Å². The molecule has 4 saturated carbocycles. The highest BCUT2D eigenvalue weighted by Crippen LogP contribution is 2.75. The van der Waals surface area contributed by atoms with E-state index in [0.717, 1.165) is 51.4 Å². The van der Waals surface area contributed by atoms with E-state index in [9.17, 15) is 20.1 Å². The number of aliphatic carboxylic acids is 1. The predicted molar refractivity (Wildman–Crippen MR) is 134 cm³/mol. The molecule has 0 bridgehead atoms. The fourth-order valence-electron chi connectivity index (χ4n) is 10.8. The molecule has 0 aliphatic heterocycles. The van der Waals surface area contributed by atoms with Gasteiger partial charge in [-0.1, -0.05) is 60.1 Å². The van der Waals surface area contributed by atoms with Gasteiger partial charge in [0.2, 0.25) is 0 Å². The van der Waals surface area contributed by atoms with Crippen molar-refractivity contribution in [2.24, 2.45) is 50.2 Å². The lowest BCUT2D eigenvalue weighted by molar-refractivity contribution is -0.231. The molecule has 192 valence electrons. The summed E-state index contributed by atoms with van der Waals surface area (Å²) in [5, 5.41) is 32.4. The molecule has 0 aromatic heterocycles. The maximum Gasteiger partial charge on any atom is 0.310 e. The second-order valence-electron chi connectivity index (χ2n) is 15.2. The second-order valence-corrected chi connectivity index (χ2v) is 15.2. The molecular formula is C30H48O4. The maximum absolute atomic E-state index is 12.8. The average Bonchev–Trinajstić information content (AvgIpc) is 2.72. The monoisotopic (exact) mass is 472 g/mol. The van der Waals surface area contributed by atoms with Crippen molar-refractivity contribution in [3.63, 3.8) is 0 Å². The molecule has 5 rings (SSSR count). The Hall–Kier alpha value is -0.870. The molecule has 0 heterocycles. The Balaban J connectivity index is 1.61. The minimum absolute atomic E-state index is 0.00785. The van der Waals surface area contributed by atoms with Crippen LogP contribution in [0.25, 0.3) is 0 Å². The predicted octanol–water partition coefficient (Wildman–Crippen LogP) is 6.20. The number of carboxylic acids is 1. The molecule has 0 radical (unpaired) electrons. The van der Waals surface area contributed by atoms with Gasteiger partial charge in [-0.3, -0.25) is 4.79 Å². The summed E-state index contributed by atoms with van der Waals surface area (Å²) in [7, 11) is 0. The highest BCUT2D eigenvalue weighted by atomic mass is 16.4. The quantitative estimate of drug-likeness (QED) is 0.397. The third kappa shape index (κ3) is 2.88. The van der Waals surface area contributed by atoms with Crippen LogP contribution in [0.3, 0.4) is 0 Å². The molecule has 0 aromatic carbocycles. The molecule has 3 N–H and O–H groups in total. The molecule has 4 heteroatoms. The van der Waals surface area contributed by atoms with E-state index in [-0.39, 0.29) is 33.0 Å². The third-order valence-corrected chi connectivity index (χ3v) is 13.0. The van der Waals surface area contributed by atoms with Crippen LogP contribution in [0.4, 0.5) is 0 Å². The van der Waals surface area contributed by atoms with Crippen molar-refractivity contribution in [1.29, 1.82) is 0 Å². The number of carbonyl (C=O) groups is 1. The molecule has 9 atom stereocenters. The van der Waals surface area contributed by atoms with Crippen LogP contribution in [0.15, 0.2) is 11.6 Å². The highest BCUT2D eigenvalue weighted by molar-refractivity contribution is 5.76. The lowest BCUT2D eigenvalue weighted by Crippen LogP contribution is -2.67. The zero-order valence-electron chi connectivity index (χ0n) is 22.6. The maximum atomic E-state index is 12.8. The number of fused-ring (bicyclic) bond motifs is 7. The molecule has 0 unspecified atom stereocenters. The van der Waals surface area contributed by atoms with E-state index in [2.05, 4.69) is 54.5 Å². The van der Waals surface area contributed by atoms with Gasteiger partial charge in [-0.2, -0.15) is 0 Å². The first-order valence-electron chi connectivity index (χ1n) is 13.9. The van der Waals surface area contributed by atoms with Crippen LogP contribution in [-0.4, -0.2) is 33.5 Å². The Kier molecular flexibility index (Phi) is 5.20. The SMILES string of the molecule is CC1(C)CC[C@]2(C(=O)O)CC[C@@]3(C)C(=CC[C@@H]4[C@@]5(C)C[C@@H](O)[C@H](O)C(C)(C)[C@H]5CC[C@]43C)[C@@H]2C1. The summed E-state index contributed by atoms with van der Waals surface area (Å²) in [5.41, 5.74) is 0.754. The Labute approximate surface area is 206 Å². The van der Waals surface area contributed by atoms with Crippen LogP contribution in [0, 0.1) is 50.2 Å². The van der Waals surface area contributed by atoms with E-state index in [0.29, 0.717) is 18.3 Å². The first-order chi connectivity index (χ1) is 15.6. The number of hydrogen-bond donors (Lipinski definition) is 3. The molecule has 5 aliphatic rings. The fraction of sp³-hybridized carbons (Fsp3) is 0.900. The Bertz CT molecular complexity index is 919. The molecule has 5 aliphatic carbocycles. The minimum atomic E-state index is -0.679. The van der Waals surface area contributed by atoms with Crippen LogP contribution in [0.1, 0.15) is 106 Å². The molecule has 34 heavy (non-hydrogen) atoms. The van der Waals surface area contributed by atoms with E-state index >= 15 is 0 Å². The van der Waals surface area contributed by atoms with E-state index < -0.39 is 23.6 Å². The summed E-state index contributed by atoms with van der Waals surface area (Å²) in [6.45, 7) is 16.3. The first-order valence-corrected chi connectivity index (χ1v) is 13.9. The van der Waals surface area contributed by atoms with E-state index in [1.54, 1.807) is 0 Å². The van der Waals surface area contributed by atoms with Gasteiger partial charge in [0.05, 0.1) is 17.6 Å². The lowest BCUT2D eigenvalue weighted by Gasteiger charge is -2.71. The normalized spacial score (nSPS) is 53.4. The lowest BCUT2D eigenvalue weighted by atomic mass is 9.33. The van der Waals surface area contributed by atoms with Crippen LogP contribution in [-0.2, 0) is 4.79 Å². The number of carboxylic acid groups (broad SMARTS) is 1. The second kappa shape index (κ2) is 7.12. The van der Waals surface area contributed by atoms with Crippen LogP contribution < -0.4 is 0 Å². The number of aliphatic hydroxyl groups is 2. The molecule has 0 amide bonds. The van der Waals surface area contributed by atoms with Gasteiger partial charge in [-0.25, -0.2) is 0 Å². The smallest absolute Gasteiger partial charge is 0.310 e. The Morgan fingerprint density at radius 3 is 2.18 bits per heavy atom. The fourth-order valence-corrected chi connectivity index (χ4v) is 10.8. The minimum Gasteiger partial charge on any atom is -0.481 e. The van der Waals surface area contributed by atoms with Gasteiger partial charge in [0.1, 0.15) is 0 Å². The molecule has 0 saturated heterocycles.